The largest absolute Gasteiger partial charge is 0.290 e. The third-order valence-corrected chi connectivity index (χ3v) is 7.30. The lowest BCUT2D eigenvalue weighted by Crippen LogP contribution is -2.49. The first-order valence-electron chi connectivity index (χ1n) is 9.75. The van der Waals surface area contributed by atoms with Gasteiger partial charge in [-0.2, -0.15) is 4.31 Å². The number of benzene rings is 3. The van der Waals surface area contributed by atoms with E-state index in [1.807, 2.05) is 30.3 Å². The van der Waals surface area contributed by atoms with Crippen LogP contribution in [0.2, 0.25) is 0 Å². The quantitative estimate of drug-likeness (QED) is 0.615. The minimum absolute atomic E-state index is 0.0930. The molecule has 1 aliphatic heterocycles. The minimum atomic E-state index is -3.67. The molecule has 1 atom stereocenters. The van der Waals surface area contributed by atoms with Gasteiger partial charge in [-0.15, -0.1) is 0 Å². The third-order valence-electron chi connectivity index (χ3n) is 5.39. The maximum atomic E-state index is 13.5. The molecule has 0 bridgehead atoms. The summed E-state index contributed by atoms with van der Waals surface area (Å²) in [5, 5.41) is 0. The predicted octanol–water partition coefficient (Wildman–Crippen LogP) is 4.06. The highest BCUT2D eigenvalue weighted by Gasteiger charge is 2.32. The number of hydrogen-bond acceptors (Lipinski definition) is 3. The first-order chi connectivity index (χ1) is 14.4. The molecular formula is C23H22F2N2O2S. The normalized spacial score (nSPS) is 17.0. The van der Waals surface area contributed by atoms with E-state index in [4.69, 9.17) is 0 Å². The monoisotopic (exact) mass is 428 g/mol. The lowest BCUT2D eigenvalue weighted by atomic mass is 9.96. The fourth-order valence-corrected chi connectivity index (χ4v) is 5.27. The van der Waals surface area contributed by atoms with Crippen LogP contribution < -0.4 is 0 Å². The van der Waals surface area contributed by atoms with E-state index in [1.165, 1.54) is 28.6 Å². The standard InChI is InChI=1S/C23H22F2N2O2S/c24-20-8-6-19(7-9-20)23(18-4-2-1-3-5-18)26-14-16-27(17-15-26)30(28,29)22-12-10-21(25)11-13-22/h1-13,23H,14-17H2/t23-/m1/s1. The van der Waals surface area contributed by atoms with Crippen LogP contribution in [-0.4, -0.2) is 43.8 Å². The van der Waals surface area contributed by atoms with Crippen molar-refractivity contribution in [2.45, 2.75) is 10.9 Å². The van der Waals surface area contributed by atoms with Gasteiger partial charge in [-0.3, -0.25) is 4.90 Å². The topological polar surface area (TPSA) is 40.6 Å². The summed E-state index contributed by atoms with van der Waals surface area (Å²) in [4.78, 5) is 2.30. The summed E-state index contributed by atoms with van der Waals surface area (Å²) in [6.45, 7) is 1.70. The van der Waals surface area contributed by atoms with Gasteiger partial charge in [0.15, 0.2) is 0 Å². The lowest BCUT2D eigenvalue weighted by molar-refractivity contribution is 0.155. The van der Waals surface area contributed by atoms with Gasteiger partial charge in [-0.1, -0.05) is 42.5 Å². The highest BCUT2D eigenvalue weighted by molar-refractivity contribution is 7.89. The second kappa shape index (κ2) is 8.63. The molecule has 0 aromatic heterocycles. The molecule has 0 amide bonds. The highest BCUT2D eigenvalue weighted by atomic mass is 32.2. The van der Waals surface area contributed by atoms with Crippen molar-refractivity contribution in [2.24, 2.45) is 0 Å². The van der Waals surface area contributed by atoms with Crippen LogP contribution in [0.1, 0.15) is 17.2 Å². The van der Waals surface area contributed by atoms with Crippen LogP contribution in [-0.2, 0) is 10.0 Å². The number of hydrogen-bond donors (Lipinski definition) is 0. The summed E-state index contributed by atoms with van der Waals surface area (Å²) in [5.41, 5.74) is 2.02. The van der Waals surface area contributed by atoms with Crippen LogP contribution in [0.15, 0.2) is 83.8 Å². The van der Waals surface area contributed by atoms with Crippen molar-refractivity contribution in [3.63, 3.8) is 0 Å². The van der Waals surface area contributed by atoms with Crippen molar-refractivity contribution in [1.82, 2.24) is 9.21 Å². The van der Waals surface area contributed by atoms with E-state index in [9.17, 15) is 17.2 Å². The zero-order chi connectivity index (χ0) is 21.1. The highest BCUT2D eigenvalue weighted by Crippen LogP contribution is 2.30. The Balaban J connectivity index is 1.56. The SMILES string of the molecule is O=S(=O)(c1ccc(F)cc1)N1CCN([C@H](c2ccccc2)c2ccc(F)cc2)CC1. The lowest BCUT2D eigenvalue weighted by Gasteiger charge is -2.39. The maximum Gasteiger partial charge on any atom is 0.243 e. The second-order valence-corrected chi connectivity index (χ2v) is 9.20. The molecule has 0 unspecified atom stereocenters. The van der Waals surface area contributed by atoms with Gasteiger partial charge in [0, 0.05) is 26.2 Å². The molecule has 3 aromatic carbocycles. The first-order valence-corrected chi connectivity index (χ1v) is 11.2. The van der Waals surface area contributed by atoms with Crippen molar-refractivity contribution >= 4 is 10.0 Å². The van der Waals surface area contributed by atoms with Gasteiger partial charge in [0.1, 0.15) is 11.6 Å². The molecule has 3 aromatic rings. The predicted molar refractivity (Wildman–Crippen MR) is 111 cm³/mol. The molecule has 7 heteroatoms. The molecule has 1 saturated heterocycles. The molecule has 1 heterocycles. The smallest absolute Gasteiger partial charge is 0.243 e. The van der Waals surface area contributed by atoms with Crippen molar-refractivity contribution in [2.75, 3.05) is 26.2 Å². The summed E-state index contributed by atoms with van der Waals surface area (Å²) in [7, 11) is -3.67. The molecule has 4 nitrogen and oxygen atoms in total. The number of nitrogens with zero attached hydrogens (tertiary/aromatic N) is 2. The Labute approximate surface area is 175 Å². The van der Waals surface area contributed by atoms with Gasteiger partial charge in [0.2, 0.25) is 10.0 Å². The molecule has 1 fully saturated rings. The number of rotatable bonds is 5. The first kappa shape index (κ1) is 20.7. The molecule has 30 heavy (non-hydrogen) atoms. The Morgan fingerprint density at radius 2 is 1.17 bits per heavy atom. The van der Waals surface area contributed by atoms with Crippen LogP contribution in [0.25, 0.3) is 0 Å². The van der Waals surface area contributed by atoms with Gasteiger partial charge >= 0.3 is 0 Å². The molecule has 156 valence electrons. The van der Waals surface area contributed by atoms with Gasteiger partial charge < -0.3 is 0 Å². The Bertz CT molecular complexity index is 1080. The summed E-state index contributed by atoms with van der Waals surface area (Å²) in [5.74, 6) is -0.760. The average molecular weight is 429 g/mol. The molecule has 0 radical (unpaired) electrons. The second-order valence-electron chi connectivity index (χ2n) is 7.26. The molecule has 1 aliphatic rings. The van der Waals surface area contributed by atoms with Gasteiger partial charge in [0.25, 0.3) is 0 Å². The number of halogens is 2. The van der Waals surface area contributed by atoms with Crippen LogP contribution in [0.4, 0.5) is 8.78 Å². The maximum absolute atomic E-state index is 13.5. The van der Waals surface area contributed by atoms with Crippen LogP contribution in [0.5, 0.6) is 0 Å². The van der Waals surface area contributed by atoms with Crippen LogP contribution in [0, 0.1) is 11.6 Å². The van der Waals surface area contributed by atoms with Gasteiger partial charge in [-0.05, 0) is 47.5 Å². The van der Waals surface area contributed by atoms with Crippen molar-refractivity contribution in [3.8, 4) is 0 Å². The van der Waals surface area contributed by atoms with Gasteiger partial charge in [-0.25, -0.2) is 17.2 Å². The average Bonchev–Trinajstić information content (AvgIpc) is 2.77. The molecule has 0 spiro atoms. The zero-order valence-electron chi connectivity index (χ0n) is 16.3. The Hall–Kier alpha value is -2.61. The molecular weight excluding hydrogens is 406 g/mol. The molecule has 0 saturated carbocycles. The Kier molecular flexibility index (Phi) is 5.94. The van der Waals surface area contributed by atoms with Crippen LogP contribution >= 0.6 is 0 Å². The van der Waals surface area contributed by atoms with E-state index >= 15 is 0 Å². The Morgan fingerprint density at radius 1 is 0.667 bits per heavy atom. The van der Waals surface area contributed by atoms with E-state index in [-0.39, 0.29) is 16.8 Å². The minimum Gasteiger partial charge on any atom is -0.290 e. The summed E-state index contributed by atoms with van der Waals surface area (Å²) < 4.78 is 53.8. The summed E-state index contributed by atoms with van der Waals surface area (Å²) >= 11 is 0. The van der Waals surface area contributed by atoms with Crippen molar-refractivity contribution < 1.29 is 17.2 Å². The molecule has 0 aliphatic carbocycles. The van der Waals surface area contributed by atoms with Crippen molar-refractivity contribution in [1.29, 1.82) is 0 Å². The van der Waals surface area contributed by atoms with E-state index < -0.39 is 15.8 Å². The zero-order valence-corrected chi connectivity index (χ0v) is 17.1. The number of sulfonamides is 1. The molecule has 4 rings (SSSR count). The molecule has 0 N–H and O–H groups in total. The summed E-state index contributed by atoms with van der Waals surface area (Å²) in [6.07, 6.45) is 0. The summed E-state index contributed by atoms with van der Waals surface area (Å²) in [6, 6.07) is 21.1. The van der Waals surface area contributed by atoms with E-state index in [0.717, 1.165) is 23.3 Å². The van der Waals surface area contributed by atoms with E-state index in [1.54, 1.807) is 12.1 Å². The number of piperazine rings is 1. The van der Waals surface area contributed by atoms with Crippen molar-refractivity contribution in [3.05, 3.63) is 102 Å². The Morgan fingerprint density at radius 3 is 1.73 bits per heavy atom. The third kappa shape index (κ3) is 4.28. The fourth-order valence-electron chi connectivity index (χ4n) is 3.85. The van der Waals surface area contributed by atoms with Gasteiger partial charge in [0.05, 0.1) is 10.9 Å². The van der Waals surface area contributed by atoms with E-state index in [2.05, 4.69) is 4.90 Å². The van der Waals surface area contributed by atoms with E-state index in [0.29, 0.717) is 26.2 Å². The fraction of sp³-hybridized carbons (Fsp3) is 0.217. The van der Waals surface area contributed by atoms with Crippen LogP contribution in [0.3, 0.4) is 0 Å².